The van der Waals surface area contributed by atoms with Crippen LogP contribution in [0.4, 0.5) is 0 Å². The molecule has 0 aromatic carbocycles. The average molecular weight is 477 g/mol. The third-order valence-electron chi connectivity index (χ3n) is 7.67. The normalized spacial score (nSPS) is 34.1. The van der Waals surface area contributed by atoms with Gasteiger partial charge in [0.1, 0.15) is 18.3 Å². The minimum atomic E-state index is -1.33. The highest BCUT2D eigenvalue weighted by atomic mass is 16.6. The average Bonchev–Trinajstić information content (AvgIpc) is 2.92. The number of fused-ring (bicyclic) bond motifs is 1. The maximum absolute atomic E-state index is 12.8. The number of aliphatic hydroxyl groups is 1. The molecule has 2 rings (SSSR count). The minimum Gasteiger partial charge on any atom is -0.462 e. The lowest BCUT2D eigenvalue weighted by Gasteiger charge is -2.45. The van der Waals surface area contributed by atoms with Gasteiger partial charge >= 0.3 is 17.9 Å². The van der Waals surface area contributed by atoms with Gasteiger partial charge < -0.3 is 19.3 Å². The van der Waals surface area contributed by atoms with Crippen molar-refractivity contribution >= 4 is 17.9 Å². The molecule has 7 nitrogen and oxygen atoms in total. The van der Waals surface area contributed by atoms with E-state index in [1.165, 1.54) is 6.92 Å². The summed E-state index contributed by atoms with van der Waals surface area (Å²) in [4.78, 5) is 37.7. The number of carbonyl (C=O) groups excluding carboxylic acids is 3. The highest BCUT2D eigenvalue weighted by molar-refractivity contribution is 5.88. The third kappa shape index (κ3) is 5.14. The van der Waals surface area contributed by atoms with Crippen molar-refractivity contribution in [1.29, 1.82) is 0 Å². The first kappa shape index (κ1) is 27.8. The molecule has 0 spiro atoms. The first-order valence-electron chi connectivity index (χ1n) is 12.0. The predicted molar refractivity (Wildman–Crippen MR) is 129 cm³/mol. The van der Waals surface area contributed by atoms with Crippen LogP contribution < -0.4 is 0 Å². The Hall–Kier alpha value is -2.41. The Morgan fingerprint density at radius 1 is 1.03 bits per heavy atom. The molecule has 0 bridgehead atoms. The van der Waals surface area contributed by atoms with Crippen molar-refractivity contribution in [3.63, 3.8) is 0 Å². The SMILES string of the molecule is C/C=C(\C)C(=O)OC1CC(C)=CC(OC(=O)/C(C)=C/C)C2(C)C(OC(C)=O)CC(O)(C(C)C)C12. The largest absolute Gasteiger partial charge is 0.462 e. The van der Waals surface area contributed by atoms with E-state index in [2.05, 4.69) is 0 Å². The molecule has 0 aliphatic heterocycles. The number of esters is 3. The van der Waals surface area contributed by atoms with E-state index in [1.54, 1.807) is 39.8 Å². The minimum absolute atomic E-state index is 0.144. The van der Waals surface area contributed by atoms with Gasteiger partial charge in [0, 0.05) is 36.8 Å². The van der Waals surface area contributed by atoms with Crippen molar-refractivity contribution in [3.05, 3.63) is 34.9 Å². The van der Waals surface area contributed by atoms with Crippen LogP contribution in [0.5, 0.6) is 0 Å². The molecule has 0 saturated heterocycles. The van der Waals surface area contributed by atoms with Crippen LogP contribution in [0, 0.1) is 17.3 Å². The van der Waals surface area contributed by atoms with Gasteiger partial charge in [0.25, 0.3) is 0 Å². The lowest BCUT2D eigenvalue weighted by atomic mass is 9.66. The van der Waals surface area contributed by atoms with Crippen LogP contribution >= 0.6 is 0 Å². The molecule has 34 heavy (non-hydrogen) atoms. The molecule has 7 heteroatoms. The molecule has 1 N–H and O–H groups in total. The summed E-state index contributed by atoms with van der Waals surface area (Å²) in [5.41, 5.74) is -0.608. The Labute approximate surface area is 203 Å². The Bertz CT molecular complexity index is 912. The number of hydrogen-bond acceptors (Lipinski definition) is 7. The van der Waals surface area contributed by atoms with Crippen LogP contribution in [0.25, 0.3) is 0 Å². The molecular formula is C27H40O7. The predicted octanol–water partition coefficient (Wildman–Crippen LogP) is 4.44. The molecule has 0 aromatic heterocycles. The highest BCUT2D eigenvalue weighted by Crippen LogP contribution is 2.60. The second-order valence-corrected chi connectivity index (χ2v) is 10.2. The van der Waals surface area contributed by atoms with E-state index in [0.29, 0.717) is 17.6 Å². The fraction of sp³-hybridized carbons (Fsp3) is 0.667. The second-order valence-electron chi connectivity index (χ2n) is 10.2. The smallest absolute Gasteiger partial charge is 0.333 e. The molecule has 0 amide bonds. The molecule has 0 heterocycles. The van der Waals surface area contributed by atoms with Crippen molar-refractivity contribution in [3.8, 4) is 0 Å². The van der Waals surface area contributed by atoms with E-state index >= 15 is 0 Å². The summed E-state index contributed by atoms with van der Waals surface area (Å²) < 4.78 is 17.7. The van der Waals surface area contributed by atoms with Crippen molar-refractivity contribution in [2.75, 3.05) is 0 Å². The maximum Gasteiger partial charge on any atom is 0.333 e. The van der Waals surface area contributed by atoms with E-state index in [1.807, 2.05) is 33.8 Å². The topological polar surface area (TPSA) is 99.1 Å². The van der Waals surface area contributed by atoms with Gasteiger partial charge in [0.15, 0.2) is 0 Å². The molecule has 0 aromatic rings. The number of carbonyl (C=O) groups is 3. The Kier molecular flexibility index (Phi) is 8.57. The lowest BCUT2D eigenvalue weighted by molar-refractivity contribution is -0.181. The Morgan fingerprint density at radius 2 is 1.56 bits per heavy atom. The molecule has 6 unspecified atom stereocenters. The van der Waals surface area contributed by atoms with E-state index in [4.69, 9.17) is 14.2 Å². The van der Waals surface area contributed by atoms with Gasteiger partial charge in [-0.3, -0.25) is 4.79 Å². The fourth-order valence-corrected chi connectivity index (χ4v) is 5.32. The van der Waals surface area contributed by atoms with Crippen LogP contribution in [0.2, 0.25) is 0 Å². The lowest BCUT2D eigenvalue weighted by Crippen LogP contribution is -2.55. The molecule has 6 atom stereocenters. The summed E-state index contributed by atoms with van der Waals surface area (Å²) in [6.45, 7) is 15.7. The van der Waals surface area contributed by atoms with Crippen molar-refractivity contribution < 1.29 is 33.7 Å². The Balaban J connectivity index is 2.72. The molecule has 2 aliphatic rings. The number of rotatable bonds is 6. The van der Waals surface area contributed by atoms with Crippen molar-refractivity contribution in [2.24, 2.45) is 17.3 Å². The Morgan fingerprint density at radius 3 is 2.03 bits per heavy atom. The van der Waals surface area contributed by atoms with E-state index < -0.39 is 53.2 Å². The van der Waals surface area contributed by atoms with Gasteiger partial charge in [0.05, 0.1) is 11.0 Å². The van der Waals surface area contributed by atoms with Gasteiger partial charge in [-0.1, -0.05) is 38.5 Å². The van der Waals surface area contributed by atoms with Crippen molar-refractivity contribution in [1.82, 2.24) is 0 Å². The summed E-state index contributed by atoms with van der Waals surface area (Å²) in [7, 11) is 0. The molecule has 2 aliphatic carbocycles. The van der Waals surface area contributed by atoms with Crippen LogP contribution in [0.15, 0.2) is 34.9 Å². The third-order valence-corrected chi connectivity index (χ3v) is 7.67. The molecule has 190 valence electrons. The van der Waals surface area contributed by atoms with Gasteiger partial charge in [-0.25, -0.2) is 9.59 Å². The summed E-state index contributed by atoms with van der Waals surface area (Å²) in [6, 6.07) is 0. The quantitative estimate of drug-likeness (QED) is 0.262. The maximum atomic E-state index is 12.8. The number of allylic oxidation sites excluding steroid dienone is 2. The van der Waals surface area contributed by atoms with Gasteiger partial charge in [-0.05, 0) is 46.6 Å². The van der Waals surface area contributed by atoms with Crippen LogP contribution in [0.3, 0.4) is 0 Å². The summed E-state index contributed by atoms with van der Waals surface area (Å²) in [6.07, 6.45) is 3.43. The summed E-state index contributed by atoms with van der Waals surface area (Å²) in [5.74, 6) is -2.34. The zero-order chi connectivity index (χ0) is 26.0. The van der Waals surface area contributed by atoms with Crippen molar-refractivity contribution in [2.45, 2.75) is 99.1 Å². The summed E-state index contributed by atoms with van der Waals surface area (Å²) >= 11 is 0. The van der Waals surface area contributed by atoms with Gasteiger partial charge in [-0.15, -0.1) is 0 Å². The molecule has 1 saturated carbocycles. The first-order valence-corrected chi connectivity index (χ1v) is 12.0. The zero-order valence-electron chi connectivity index (χ0n) is 21.9. The highest BCUT2D eigenvalue weighted by Gasteiger charge is 2.69. The second kappa shape index (κ2) is 10.5. The van der Waals surface area contributed by atoms with Crippen LogP contribution in [-0.2, 0) is 28.6 Å². The van der Waals surface area contributed by atoms with E-state index in [9.17, 15) is 19.5 Å². The van der Waals surface area contributed by atoms with Gasteiger partial charge in [0.2, 0.25) is 0 Å². The van der Waals surface area contributed by atoms with Crippen LogP contribution in [-0.4, -0.2) is 46.9 Å². The summed E-state index contributed by atoms with van der Waals surface area (Å²) in [5, 5.41) is 12.0. The van der Waals surface area contributed by atoms with Crippen LogP contribution in [0.1, 0.15) is 75.2 Å². The van der Waals surface area contributed by atoms with Gasteiger partial charge in [-0.2, -0.15) is 0 Å². The monoisotopic (exact) mass is 476 g/mol. The standard InChI is InChI=1S/C27H40O7/c1-10-17(6)24(29)33-20-12-16(5)13-21(34-25(30)18(7)11-2)26(9)22(32-19(8)28)14-27(31,15(3)4)23(20)26/h10-11,13,15,20-23,31H,12,14H2,1-9H3/b17-10+,18-11+. The molecule has 1 fully saturated rings. The fourth-order valence-electron chi connectivity index (χ4n) is 5.32. The molecular weight excluding hydrogens is 436 g/mol. The number of ether oxygens (including phenoxy) is 3. The number of hydrogen-bond donors (Lipinski definition) is 1. The molecule has 0 radical (unpaired) electrons. The zero-order valence-corrected chi connectivity index (χ0v) is 21.9. The first-order chi connectivity index (χ1) is 15.7. The van der Waals surface area contributed by atoms with E-state index in [0.717, 1.165) is 5.57 Å². The van der Waals surface area contributed by atoms with E-state index in [-0.39, 0.29) is 12.3 Å².